The summed E-state index contributed by atoms with van der Waals surface area (Å²) in [6, 6.07) is 14.1. The molecule has 1 aromatic heterocycles. The molecule has 0 aliphatic carbocycles. The molecule has 0 bridgehead atoms. The molecule has 0 radical (unpaired) electrons. The molecule has 134 valence electrons. The number of anilines is 1. The number of nitrogens with zero attached hydrogens (tertiary/aromatic N) is 2. The summed E-state index contributed by atoms with van der Waals surface area (Å²) in [6.07, 6.45) is 0. The van der Waals surface area contributed by atoms with Gasteiger partial charge in [0.1, 0.15) is 5.75 Å². The van der Waals surface area contributed by atoms with Gasteiger partial charge in [0.25, 0.3) is 11.5 Å². The molecule has 0 saturated heterocycles. The Bertz CT molecular complexity index is 1010. The summed E-state index contributed by atoms with van der Waals surface area (Å²) in [7, 11) is 0. The van der Waals surface area contributed by atoms with Crippen molar-refractivity contribution in [2.24, 2.45) is 0 Å². The van der Waals surface area contributed by atoms with E-state index in [0.29, 0.717) is 28.8 Å². The van der Waals surface area contributed by atoms with Gasteiger partial charge < -0.3 is 10.1 Å². The summed E-state index contributed by atoms with van der Waals surface area (Å²) in [5.74, 6) is 0.201. The second kappa shape index (κ2) is 7.39. The van der Waals surface area contributed by atoms with Crippen LogP contribution in [0.25, 0.3) is 10.8 Å². The number of benzene rings is 2. The molecule has 0 aliphatic heterocycles. The molecular weight excluding hydrogens is 330 g/mol. The number of rotatable bonds is 5. The lowest BCUT2D eigenvalue weighted by molar-refractivity contribution is 0.102. The van der Waals surface area contributed by atoms with Crippen LogP contribution >= 0.6 is 0 Å². The molecule has 6 nitrogen and oxygen atoms in total. The largest absolute Gasteiger partial charge is 0.492 e. The average molecular weight is 351 g/mol. The maximum Gasteiger partial charge on any atom is 0.276 e. The van der Waals surface area contributed by atoms with E-state index in [-0.39, 0.29) is 23.2 Å². The number of para-hydroxylation sites is 2. The molecule has 3 rings (SSSR count). The van der Waals surface area contributed by atoms with Crippen LogP contribution in [-0.2, 0) is 0 Å². The number of ether oxygens (including phenoxy) is 1. The first-order chi connectivity index (χ1) is 12.5. The molecular formula is C20H21N3O3. The summed E-state index contributed by atoms with van der Waals surface area (Å²) >= 11 is 0. The molecule has 1 N–H and O–H groups in total. The minimum atomic E-state index is -0.386. The van der Waals surface area contributed by atoms with E-state index in [9.17, 15) is 9.59 Å². The fourth-order valence-corrected chi connectivity index (χ4v) is 2.76. The summed E-state index contributed by atoms with van der Waals surface area (Å²) in [5.41, 5.74) is 0.564. The van der Waals surface area contributed by atoms with Gasteiger partial charge >= 0.3 is 0 Å². The third-order valence-electron chi connectivity index (χ3n) is 3.97. The smallest absolute Gasteiger partial charge is 0.276 e. The molecule has 2 aromatic carbocycles. The maximum absolute atomic E-state index is 12.9. The topological polar surface area (TPSA) is 73.2 Å². The maximum atomic E-state index is 12.9. The third kappa shape index (κ3) is 3.31. The number of carbonyl (C=O) groups excluding carboxylic acids is 1. The minimum Gasteiger partial charge on any atom is -0.492 e. The Morgan fingerprint density at radius 3 is 2.46 bits per heavy atom. The van der Waals surface area contributed by atoms with E-state index in [2.05, 4.69) is 10.4 Å². The molecule has 0 spiro atoms. The quantitative estimate of drug-likeness (QED) is 0.762. The van der Waals surface area contributed by atoms with Crippen molar-refractivity contribution in [3.63, 3.8) is 0 Å². The molecule has 0 atom stereocenters. The molecule has 3 aromatic rings. The van der Waals surface area contributed by atoms with Crippen LogP contribution in [0.3, 0.4) is 0 Å². The lowest BCUT2D eigenvalue weighted by Crippen LogP contribution is -2.29. The first-order valence-electron chi connectivity index (χ1n) is 8.57. The van der Waals surface area contributed by atoms with Gasteiger partial charge in [-0.15, -0.1) is 0 Å². The van der Waals surface area contributed by atoms with Gasteiger partial charge in [-0.25, -0.2) is 4.68 Å². The van der Waals surface area contributed by atoms with Crippen LogP contribution in [0, 0.1) is 0 Å². The standard InChI is InChI=1S/C20H21N3O3/c1-4-26-17-12-8-7-11-16(17)21-19(24)18-14-9-5-6-10-15(14)20(25)23(22-18)13(2)3/h5-13H,4H2,1-3H3,(H,21,24). The number of nitrogens with one attached hydrogen (secondary N) is 1. The van der Waals surface area contributed by atoms with Crippen LogP contribution in [-0.4, -0.2) is 22.3 Å². The molecule has 6 heteroatoms. The number of fused-ring (bicyclic) bond motifs is 1. The molecule has 0 unspecified atom stereocenters. The first kappa shape index (κ1) is 17.7. The number of amides is 1. The Morgan fingerprint density at radius 2 is 1.77 bits per heavy atom. The lowest BCUT2D eigenvalue weighted by Gasteiger charge is -2.14. The van der Waals surface area contributed by atoms with E-state index in [1.54, 1.807) is 36.4 Å². The van der Waals surface area contributed by atoms with E-state index in [4.69, 9.17) is 4.74 Å². The Hall–Kier alpha value is -3.15. The molecule has 26 heavy (non-hydrogen) atoms. The van der Waals surface area contributed by atoms with Gasteiger partial charge in [-0.3, -0.25) is 9.59 Å². The van der Waals surface area contributed by atoms with Crippen molar-refractivity contribution in [2.45, 2.75) is 26.8 Å². The second-order valence-corrected chi connectivity index (χ2v) is 6.12. The van der Waals surface area contributed by atoms with Gasteiger partial charge in [0.15, 0.2) is 5.69 Å². The van der Waals surface area contributed by atoms with Crippen LogP contribution in [0.2, 0.25) is 0 Å². The Morgan fingerprint density at radius 1 is 1.12 bits per heavy atom. The Kier molecular flexibility index (Phi) is 5.02. The number of carbonyl (C=O) groups is 1. The number of hydrogen-bond acceptors (Lipinski definition) is 4. The third-order valence-corrected chi connectivity index (χ3v) is 3.97. The van der Waals surface area contributed by atoms with E-state index in [0.717, 1.165) is 0 Å². The zero-order valence-electron chi connectivity index (χ0n) is 15.0. The normalized spacial score (nSPS) is 10.9. The fourth-order valence-electron chi connectivity index (χ4n) is 2.76. The van der Waals surface area contributed by atoms with Crippen molar-refractivity contribution < 1.29 is 9.53 Å². The average Bonchev–Trinajstić information content (AvgIpc) is 2.63. The van der Waals surface area contributed by atoms with E-state index >= 15 is 0 Å². The fraction of sp³-hybridized carbons (Fsp3) is 0.250. The van der Waals surface area contributed by atoms with Crippen LogP contribution in [0.15, 0.2) is 53.3 Å². The summed E-state index contributed by atoms with van der Waals surface area (Å²) in [4.78, 5) is 25.5. The van der Waals surface area contributed by atoms with Crippen molar-refractivity contribution in [2.75, 3.05) is 11.9 Å². The second-order valence-electron chi connectivity index (χ2n) is 6.12. The van der Waals surface area contributed by atoms with Gasteiger partial charge in [0.2, 0.25) is 0 Å². The monoisotopic (exact) mass is 351 g/mol. The first-order valence-corrected chi connectivity index (χ1v) is 8.57. The number of aromatic nitrogens is 2. The zero-order valence-corrected chi connectivity index (χ0v) is 15.0. The predicted molar refractivity (Wildman–Crippen MR) is 102 cm³/mol. The van der Waals surface area contributed by atoms with Crippen molar-refractivity contribution in [1.29, 1.82) is 0 Å². The van der Waals surface area contributed by atoms with Crippen molar-refractivity contribution in [3.8, 4) is 5.75 Å². The van der Waals surface area contributed by atoms with Crippen LogP contribution in [0.5, 0.6) is 5.75 Å². The van der Waals surface area contributed by atoms with Gasteiger partial charge in [-0.05, 0) is 39.0 Å². The lowest BCUT2D eigenvalue weighted by atomic mass is 10.1. The molecule has 1 amide bonds. The van der Waals surface area contributed by atoms with Gasteiger partial charge in [0.05, 0.1) is 23.7 Å². The highest BCUT2D eigenvalue weighted by atomic mass is 16.5. The number of hydrogen-bond donors (Lipinski definition) is 1. The van der Waals surface area contributed by atoms with Gasteiger partial charge in [-0.1, -0.05) is 30.3 Å². The van der Waals surface area contributed by atoms with Crippen LogP contribution in [0.4, 0.5) is 5.69 Å². The predicted octanol–water partition coefficient (Wildman–Crippen LogP) is 3.63. The highest BCUT2D eigenvalue weighted by molar-refractivity contribution is 6.11. The Balaban J connectivity index is 2.09. The van der Waals surface area contributed by atoms with E-state index in [1.165, 1.54) is 4.68 Å². The molecule has 0 aliphatic rings. The Labute approximate surface area is 151 Å². The molecule has 1 heterocycles. The van der Waals surface area contributed by atoms with Crippen molar-refractivity contribution in [3.05, 3.63) is 64.6 Å². The highest BCUT2D eigenvalue weighted by Crippen LogP contribution is 2.25. The molecule has 0 saturated carbocycles. The zero-order chi connectivity index (χ0) is 18.7. The van der Waals surface area contributed by atoms with Gasteiger partial charge in [-0.2, -0.15) is 5.10 Å². The summed E-state index contributed by atoms with van der Waals surface area (Å²) in [5, 5.41) is 8.17. The SMILES string of the molecule is CCOc1ccccc1NC(=O)c1nn(C(C)C)c(=O)c2ccccc12. The van der Waals surface area contributed by atoms with Crippen molar-refractivity contribution in [1.82, 2.24) is 9.78 Å². The van der Waals surface area contributed by atoms with Crippen LogP contribution in [0.1, 0.15) is 37.3 Å². The highest BCUT2D eigenvalue weighted by Gasteiger charge is 2.18. The van der Waals surface area contributed by atoms with Crippen LogP contribution < -0.4 is 15.6 Å². The van der Waals surface area contributed by atoms with Gasteiger partial charge in [0, 0.05) is 5.39 Å². The van der Waals surface area contributed by atoms with E-state index in [1.807, 2.05) is 32.9 Å². The summed E-state index contributed by atoms with van der Waals surface area (Å²) < 4.78 is 6.89. The minimum absolute atomic E-state index is 0.158. The van der Waals surface area contributed by atoms with Crippen molar-refractivity contribution >= 4 is 22.4 Å². The molecule has 0 fully saturated rings. The summed E-state index contributed by atoms with van der Waals surface area (Å²) in [6.45, 7) is 6.09. The van der Waals surface area contributed by atoms with E-state index < -0.39 is 0 Å².